The van der Waals surface area contributed by atoms with Gasteiger partial charge in [0.05, 0.1) is 9.70 Å². The van der Waals surface area contributed by atoms with Crippen LogP contribution in [0.25, 0.3) is 0 Å². The fourth-order valence-electron chi connectivity index (χ4n) is 4.28. The van der Waals surface area contributed by atoms with Crippen LogP contribution < -0.4 is 4.90 Å². The summed E-state index contributed by atoms with van der Waals surface area (Å²) in [5.41, 5.74) is 1.73. The number of anilines is 1. The van der Waals surface area contributed by atoms with E-state index in [0.29, 0.717) is 55.3 Å². The van der Waals surface area contributed by atoms with E-state index < -0.39 is 10.0 Å². The Morgan fingerprint density at radius 2 is 1.69 bits per heavy atom. The van der Waals surface area contributed by atoms with E-state index in [1.165, 1.54) is 15.6 Å². The highest BCUT2D eigenvalue weighted by molar-refractivity contribution is 9.11. The van der Waals surface area contributed by atoms with Gasteiger partial charge in [-0.25, -0.2) is 8.42 Å². The zero-order valence-electron chi connectivity index (χ0n) is 17.9. The van der Waals surface area contributed by atoms with Crippen molar-refractivity contribution in [3.63, 3.8) is 0 Å². The maximum absolute atomic E-state index is 13.2. The van der Waals surface area contributed by atoms with Crippen LogP contribution in [0, 0.1) is 5.92 Å². The molecule has 32 heavy (non-hydrogen) atoms. The van der Waals surface area contributed by atoms with E-state index in [1.54, 1.807) is 19.1 Å². The highest BCUT2D eigenvalue weighted by Gasteiger charge is 2.36. The molecule has 0 saturated carbocycles. The second kappa shape index (κ2) is 9.62. The molecule has 1 atom stereocenters. The highest BCUT2D eigenvalue weighted by Crippen LogP contribution is 2.31. The zero-order chi connectivity index (χ0) is 22.9. The van der Waals surface area contributed by atoms with Gasteiger partial charge in [-0.05, 0) is 72.1 Å². The van der Waals surface area contributed by atoms with Crippen molar-refractivity contribution in [1.29, 1.82) is 0 Å². The zero-order valence-corrected chi connectivity index (χ0v) is 21.1. The van der Waals surface area contributed by atoms with Crippen LogP contribution in [-0.4, -0.2) is 68.6 Å². The van der Waals surface area contributed by atoms with E-state index >= 15 is 0 Å². The number of nitrogens with zero attached hydrogens (tertiary/aromatic N) is 3. The molecule has 172 valence electrons. The normalized spacial score (nSPS) is 20.4. The Hall–Kier alpha value is -1.75. The van der Waals surface area contributed by atoms with E-state index in [9.17, 15) is 18.0 Å². The number of hydrogen-bond donors (Lipinski definition) is 0. The molecule has 2 aliphatic heterocycles. The molecule has 2 saturated heterocycles. The van der Waals surface area contributed by atoms with Gasteiger partial charge in [-0.1, -0.05) is 0 Å². The van der Waals surface area contributed by atoms with Crippen LogP contribution in [0.2, 0.25) is 0 Å². The second-order valence-electron chi connectivity index (χ2n) is 8.18. The minimum absolute atomic E-state index is 0.0437. The number of halogens is 1. The number of rotatable bonds is 5. The van der Waals surface area contributed by atoms with Gasteiger partial charge in [0.1, 0.15) is 4.21 Å². The first kappa shape index (κ1) is 23.4. The Morgan fingerprint density at radius 3 is 2.28 bits per heavy atom. The summed E-state index contributed by atoms with van der Waals surface area (Å²) in [5, 5.41) is 0. The van der Waals surface area contributed by atoms with Crippen LogP contribution in [0.1, 0.15) is 30.1 Å². The summed E-state index contributed by atoms with van der Waals surface area (Å²) in [7, 11) is -3.57. The summed E-state index contributed by atoms with van der Waals surface area (Å²) in [5.74, 6) is -0.214. The minimum Gasteiger partial charge on any atom is -0.368 e. The average Bonchev–Trinajstić information content (AvgIpc) is 3.26. The number of thiophene rings is 1. The Bertz CT molecular complexity index is 1090. The van der Waals surface area contributed by atoms with Gasteiger partial charge in [0.25, 0.3) is 10.0 Å². The number of Topliss-reactive ketones (excluding diaryl/α,β-unsaturated/α-hetero) is 1. The Kier molecular flexibility index (Phi) is 7.04. The largest absolute Gasteiger partial charge is 0.368 e. The summed E-state index contributed by atoms with van der Waals surface area (Å²) < 4.78 is 28.5. The molecule has 2 aromatic rings. The summed E-state index contributed by atoms with van der Waals surface area (Å²) in [6, 6.07) is 10.9. The van der Waals surface area contributed by atoms with Gasteiger partial charge in [0.2, 0.25) is 5.91 Å². The standard InChI is InChI=1S/C22H26BrN3O4S2/c1-16(27)17-4-6-19(7-5-17)24-11-13-25(14-12-24)22(28)18-3-2-10-26(15-18)32(29,30)21-9-8-20(23)31-21/h4-9,18H,2-3,10-15H2,1H3/t18-/m1/s1. The molecule has 1 aromatic carbocycles. The SMILES string of the molecule is CC(=O)c1ccc(N2CCN(C(=O)[C@@H]3CCCN(S(=O)(=O)c4ccc(Br)s4)C3)CC2)cc1. The van der Waals surface area contributed by atoms with Crippen LogP contribution in [0.15, 0.2) is 44.4 Å². The van der Waals surface area contributed by atoms with Gasteiger partial charge in [0.15, 0.2) is 5.78 Å². The molecule has 0 spiro atoms. The van der Waals surface area contributed by atoms with Crippen LogP contribution in [0.5, 0.6) is 0 Å². The molecular weight excluding hydrogens is 514 g/mol. The number of carbonyl (C=O) groups is 2. The number of hydrogen-bond acceptors (Lipinski definition) is 6. The van der Waals surface area contributed by atoms with Crippen molar-refractivity contribution in [2.24, 2.45) is 5.92 Å². The first-order valence-electron chi connectivity index (χ1n) is 10.7. The number of carbonyl (C=O) groups excluding carboxylic acids is 2. The third-order valence-electron chi connectivity index (χ3n) is 6.11. The van der Waals surface area contributed by atoms with Crippen LogP contribution in [0.4, 0.5) is 5.69 Å². The van der Waals surface area contributed by atoms with E-state index in [1.807, 2.05) is 29.2 Å². The van der Waals surface area contributed by atoms with E-state index in [-0.39, 0.29) is 24.2 Å². The fourth-order valence-corrected chi connectivity index (χ4v) is 7.96. The van der Waals surface area contributed by atoms with Gasteiger partial charge in [-0.3, -0.25) is 9.59 Å². The topological polar surface area (TPSA) is 78.0 Å². The predicted octanol–water partition coefficient (Wildman–Crippen LogP) is 3.46. The molecule has 10 heteroatoms. The number of benzene rings is 1. The van der Waals surface area contributed by atoms with Crippen molar-refractivity contribution in [2.45, 2.75) is 24.0 Å². The van der Waals surface area contributed by atoms with Gasteiger partial charge in [0, 0.05) is 50.5 Å². The summed E-state index contributed by atoms with van der Waals surface area (Å²) in [6.45, 7) is 4.88. The fraction of sp³-hybridized carbons (Fsp3) is 0.455. The monoisotopic (exact) mass is 539 g/mol. The lowest BCUT2D eigenvalue weighted by atomic mass is 9.97. The molecule has 1 aromatic heterocycles. The van der Waals surface area contributed by atoms with Crippen molar-refractivity contribution in [2.75, 3.05) is 44.2 Å². The average molecular weight is 541 g/mol. The quantitative estimate of drug-likeness (QED) is 0.543. The molecule has 1 amide bonds. The van der Waals surface area contributed by atoms with Crippen LogP contribution >= 0.6 is 27.3 Å². The first-order chi connectivity index (χ1) is 15.3. The maximum Gasteiger partial charge on any atom is 0.252 e. The van der Waals surface area contributed by atoms with Crippen molar-refractivity contribution in [3.05, 3.63) is 45.7 Å². The predicted molar refractivity (Wildman–Crippen MR) is 129 cm³/mol. The number of sulfonamides is 1. The second-order valence-corrected chi connectivity index (χ2v) is 12.8. The Morgan fingerprint density at radius 1 is 1.00 bits per heavy atom. The molecule has 0 N–H and O–H groups in total. The summed E-state index contributed by atoms with van der Waals surface area (Å²) >= 11 is 4.52. The van der Waals surface area contributed by atoms with Crippen molar-refractivity contribution < 1.29 is 18.0 Å². The Labute approximate surface area is 201 Å². The number of piperazine rings is 1. The Balaban J connectivity index is 1.36. The summed E-state index contributed by atoms with van der Waals surface area (Å²) in [6.07, 6.45) is 1.40. The first-order valence-corrected chi connectivity index (χ1v) is 13.7. The molecule has 2 fully saturated rings. The van der Waals surface area contributed by atoms with Crippen molar-refractivity contribution in [3.8, 4) is 0 Å². The lowest BCUT2D eigenvalue weighted by Gasteiger charge is -2.39. The van der Waals surface area contributed by atoms with Crippen molar-refractivity contribution >= 4 is 54.7 Å². The van der Waals surface area contributed by atoms with Crippen LogP contribution in [0.3, 0.4) is 0 Å². The van der Waals surface area contributed by atoms with E-state index in [0.717, 1.165) is 9.47 Å². The van der Waals surface area contributed by atoms with Gasteiger partial charge in [-0.15, -0.1) is 11.3 Å². The van der Waals surface area contributed by atoms with Gasteiger partial charge in [-0.2, -0.15) is 4.31 Å². The molecule has 0 unspecified atom stereocenters. The molecule has 7 nitrogen and oxygen atoms in total. The molecule has 4 rings (SSSR count). The third-order valence-corrected chi connectivity index (χ3v) is 10.1. The van der Waals surface area contributed by atoms with Gasteiger partial charge >= 0.3 is 0 Å². The molecule has 0 aliphatic carbocycles. The maximum atomic E-state index is 13.2. The molecule has 3 heterocycles. The minimum atomic E-state index is -3.57. The summed E-state index contributed by atoms with van der Waals surface area (Å²) in [4.78, 5) is 28.7. The van der Waals surface area contributed by atoms with E-state index in [2.05, 4.69) is 20.8 Å². The van der Waals surface area contributed by atoms with Crippen LogP contribution in [-0.2, 0) is 14.8 Å². The lowest BCUT2D eigenvalue weighted by Crippen LogP contribution is -2.53. The highest BCUT2D eigenvalue weighted by atomic mass is 79.9. The van der Waals surface area contributed by atoms with E-state index in [4.69, 9.17) is 0 Å². The number of ketones is 1. The number of amides is 1. The lowest BCUT2D eigenvalue weighted by molar-refractivity contribution is -0.137. The smallest absolute Gasteiger partial charge is 0.252 e. The van der Waals surface area contributed by atoms with Crippen molar-refractivity contribution in [1.82, 2.24) is 9.21 Å². The molecule has 2 aliphatic rings. The molecule has 0 radical (unpaired) electrons. The third kappa shape index (κ3) is 4.93. The molecular formula is C22H26BrN3O4S2. The molecule has 0 bridgehead atoms. The van der Waals surface area contributed by atoms with Gasteiger partial charge < -0.3 is 9.80 Å². The number of piperidine rings is 1.